The molecule has 1 amide bonds. The normalized spacial score (nSPS) is 12.0. The van der Waals surface area contributed by atoms with Gasteiger partial charge in [0.1, 0.15) is 6.54 Å². The number of hydrazone groups is 1. The molecule has 1 aromatic heterocycles. The molecule has 0 aliphatic heterocycles. The van der Waals surface area contributed by atoms with Gasteiger partial charge in [-0.2, -0.15) is 23.4 Å². The van der Waals surface area contributed by atoms with Crippen molar-refractivity contribution in [2.24, 2.45) is 5.10 Å². The summed E-state index contributed by atoms with van der Waals surface area (Å²) in [6.07, 6.45) is -1.95. The zero-order chi connectivity index (χ0) is 17.9. The fourth-order valence-corrected chi connectivity index (χ4v) is 2.32. The molecule has 128 valence electrons. The van der Waals surface area contributed by atoms with E-state index in [1.165, 1.54) is 6.21 Å². The molecule has 0 saturated heterocycles. The van der Waals surface area contributed by atoms with Crippen molar-refractivity contribution in [2.75, 3.05) is 0 Å². The Kier molecular flexibility index (Phi) is 4.51. The van der Waals surface area contributed by atoms with E-state index in [0.717, 1.165) is 33.3 Å². The van der Waals surface area contributed by atoms with Crippen molar-refractivity contribution >= 4 is 22.9 Å². The predicted molar refractivity (Wildman–Crippen MR) is 86.9 cm³/mol. The Morgan fingerprint density at radius 1 is 1.16 bits per heavy atom. The molecule has 0 radical (unpaired) electrons. The van der Waals surface area contributed by atoms with Crippen LogP contribution < -0.4 is 5.43 Å². The van der Waals surface area contributed by atoms with Crippen molar-refractivity contribution < 1.29 is 18.0 Å². The first kappa shape index (κ1) is 16.7. The number of benzene rings is 2. The number of carbonyl (C=O) groups excluding carboxylic acids is 1. The lowest BCUT2D eigenvalue weighted by molar-refractivity contribution is -0.141. The summed E-state index contributed by atoms with van der Waals surface area (Å²) in [6.45, 7) is -0.358. The van der Waals surface area contributed by atoms with Crippen LogP contribution in [0.2, 0.25) is 0 Å². The van der Waals surface area contributed by atoms with Crippen LogP contribution in [0.1, 0.15) is 11.3 Å². The van der Waals surface area contributed by atoms with Gasteiger partial charge >= 0.3 is 6.18 Å². The molecule has 1 heterocycles. The van der Waals surface area contributed by atoms with E-state index >= 15 is 0 Å². The average Bonchev–Trinajstić information content (AvgIpc) is 3.04. The fourth-order valence-electron chi connectivity index (χ4n) is 2.32. The van der Waals surface area contributed by atoms with Gasteiger partial charge in [0.05, 0.1) is 6.21 Å². The van der Waals surface area contributed by atoms with Gasteiger partial charge in [-0.1, -0.05) is 42.5 Å². The monoisotopic (exact) mass is 346 g/mol. The van der Waals surface area contributed by atoms with E-state index in [-0.39, 0.29) is 6.54 Å². The smallest absolute Gasteiger partial charge is 0.271 e. The number of hydrogen-bond acceptors (Lipinski definition) is 3. The number of amides is 1. The third-order valence-electron chi connectivity index (χ3n) is 3.45. The molecule has 1 N–H and O–H groups in total. The predicted octanol–water partition coefficient (Wildman–Crippen LogP) is 3.21. The minimum absolute atomic E-state index is 0.358. The number of fused-ring (bicyclic) bond motifs is 1. The lowest BCUT2D eigenvalue weighted by atomic mass is 10.1. The second kappa shape index (κ2) is 6.76. The Balaban J connectivity index is 1.64. The minimum Gasteiger partial charge on any atom is -0.271 e. The van der Waals surface area contributed by atoms with E-state index in [1.54, 1.807) is 0 Å². The fraction of sp³-hybridized carbons (Fsp3) is 0.118. The summed E-state index contributed by atoms with van der Waals surface area (Å²) in [7, 11) is 0. The molecule has 8 heteroatoms. The Hall–Kier alpha value is -3.16. The number of rotatable bonds is 4. The van der Waals surface area contributed by atoms with Crippen molar-refractivity contribution in [1.82, 2.24) is 15.2 Å². The molecule has 0 bridgehead atoms. The maximum atomic E-state index is 12.5. The van der Waals surface area contributed by atoms with E-state index in [1.807, 2.05) is 42.5 Å². The van der Waals surface area contributed by atoms with E-state index in [0.29, 0.717) is 0 Å². The standard InChI is InChI=1S/C17H13F3N4O/c18-17(19,20)15-8-9-24(23-15)11-16(25)22-21-10-13-6-3-5-12-4-1-2-7-14(12)13/h1-10H,11H2,(H,22,25). The lowest BCUT2D eigenvalue weighted by Gasteiger charge is -2.03. The molecule has 0 unspecified atom stereocenters. The number of carbonyl (C=O) groups is 1. The Labute approximate surface area is 140 Å². The van der Waals surface area contributed by atoms with Crippen LogP contribution in [0.25, 0.3) is 10.8 Å². The quantitative estimate of drug-likeness (QED) is 0.583. The van der Waals surface area contributed by atoms with Gasteiger partial charge in [0, 0.05) is 11.8 Å². The zero-order valence-corrected chi connectivity index (χ0v) is 12.9. The SMILES string of the molecule is O=C(Cn1ccc(C(F)(F)F)n1)NN=Cc1cccc2ccccc12. The summed E-state index contributed by atoms with van der Waals surface area (Å²) in [6, 6.07) is 14.2. The van der Waals surface area contributed by atoms with Gasteiger partial charge in [0.15, 0.2) is 5.69 Å². The second-order valence-corrected chi connectivity index (χ2v) is 5.26. The highest BCUT2D eigenvalue weighted by atomic mass is 19.4. The molecule has 0 fully saturated rings. The second-order valence-electron chi connectivity index (χ2n) is 5.26. The maximum absolute atomic E-state index is 12.5. The van der Waals surface area contributed by atoms with Crippen molar-refractivity contribution in [3.63, 3.8) is 0 Å². The Morgan fingerprint density at radius 2 is 1.92 bits per heavy atom. The highest BCUT2D eigenvalue weighted by Crippen LogP contribution is 2.27. The summed E-state index contributed by atoms with van der Waals surface area (Å²) in [4.78, 5) is 11.8. The molecular weight excluding hydrogens is 333 g/mol. The van der Waals surface area contributed by atoms with E-state index in [2.05, 4.69) is 15.6 Å². The van der Waals surface area contributed by atoms with E-state index in [4.69, 9.17) is 0 Å². The molecular formula is C17H13F3N4O. The molecule has 3 rings (SSSR count). The third kappa shape index (κ3) is 4.03. The van der Waals surface area contributed by atoms with Gasteiger partial charge in [0.2, 0.25) is 0 Å². The number of nitrogens with zero attached hydrogens (tertiary/aromatic N) is 3. The third-order valence-corrected chi connectivity index (χ3v) is 3.45. The van der Waals surface area contributed by atoms with Gasteiger partial charge < -0.3 is 0 Å². The molecule has 0 saturated carbocycles. The maximum Gasteiger partial charge on any atom is 0.435 e. The first-order chi connectivity index (χ1) is 11.9. The molecule has 2 aromatic carbocycles. The van der Waals surface area contributed by atoms with Gasteiger partial charge in [-0.25, -0.2) is 5.43 Å². The summed E-state index contributed by atoms with van der Waals surface area (Å²) >= 11 is 0. The molecule has 0 spiro atoms. The van der Waals surface area contributed by atoms with Crippen molar-refractivity contribution in [2.45, 2.75) is 12.7 Å². The van der Waals surface area contributed by atoms with Crippen molar-refractivity contribution in [3.05, 3.63) is 66.0 Å². The van der Waals surface area contributed by atoms with E-state index in [9.17, 15) is 18.0 Å². The van der Waals surface area contributed by atoms with Crippen LogP contribution in [0.4, 0.5) is 13.2 Å². The van der Waals surface area contributed by atoms with Crippen LogP contribution in [-0.2, 0) is 17.5 Å². The summed E-state index contributed by atoms with van der Waals surface area (Å²) in [5.41, 5.74) is 2.06. The largest absolute Gasteiger partial charge is 0.435 e. The topological polar surface area (TPSA) is 59.3 Å². The van der Waals surface area contributed by atoms with E-state index < -0.39 is 17.8 Å². The van der Waals surface area contributed by atoms with Crippen LogP contribution in [0.3, 0.4) is 0 Å². The average molecular weight is 346 g/mol. The lowest BCUT2D eigenvalue weighted by Crippen LogP contribution is -2.23. The number of aromatic nitrogens is 2. The number of nitrogens with one attached hydrogen (secondary N) is 1. The van der Waals surface area contributed by atoms with Crippen LogP contribution >= 0.6 is 0 Å². The van der Waals surface area contributed by atoms with Gasteiger partial charge in [-0.15, -0.1) is 0 Å². The van der Waals surface area contributed by atoms with Gasteiger partial charge in [0.25, 0.3) is 5.91 Å². The van der Waals surface area contributed by atoms with Crippen molar-refractivity contribution in [3.8, 4) is 0 Å². The van der Waals surface area contributed by atoms with Crippen LogP contribution in [-0.4, -0.2) is 21.9 Å². The molecule has 5 nitrogen and oxygen atoms in total. The first-order valence-electron chi connectivity index (χ1n) is 7.34. The van der Waals surface area contributed by atoms with Crippen LogP contribution in [0.5, 0.6) is 0 Å². The van der Waals surface area contributed by atoms with Crippen LogP contribution in [0, 0.1) is 0 Å². The van der Waals surface area contributed by atoms with Crippen LogP contribution in [0.15, 0.2) is 59.8 Å². The minimum atomic E-state index is -4.53. The molecule has 3 aromatic rings. The summed E-state index contributed by atoms with van der Waals surface area (Å²) in [5, 5.41) is 9.18. The molecule has 25 heavy (non-hydrogen) atoms. The highest BCUT2D eigenvalue weighted by molar-refractivity contribution is 5.99. The molecule has 0 aliphatic carbocycles. The first-order valence-corrected chi connectivity index (χ1v) is 7.34. The Bertz CT molecular complexity index is 926. The zero-order valence-electron chi connectivity index (χ0n) is 12.9. The number of alkyl halides is 3. The van der Waals surface area contributed by atoms with Gasteiger partial charge in [-0.05, 0) is 16.8 Å². The number of halogens is 3. The number of hydrogen-bond donors (Lipinski definition) is 1. The molecule has 0 atom stereocenters. The summed E-state index contributed by atoms with van der Waals surface area (Å²) < 4.78 is 38.3. The Morgan fingerprint density at radius 3 is 2.68 bits per heavy atom. The van der Waals surface area contributed by atoms with Crippen molar-refractivity contribution in [1.29, 1.82) is 0 Å². The summed E-state index contributed by atoms with van der Waals surface area (Å²) in [5.74, 6) is -0.576. The van der Waals surface area contributed by atoms with Gasteiger partial charge in [-0.3, -0.25) is 9.48 Å². The highest BCUT2D eigenvalue weighted by Gasteiger charge is 2.33. The molecule has 0 aliphatic rings.